The first-order valence-electron chi connectivity index (χ1n) is 6.54. The lowest BCUT2D eigenvalue weighted by atomic mass is 10.2. The molecule has 2 nitrogen and oxygen atoms in total. The SMILES string of the molecule is CCCNCc1c(Cl)cccc1OCc1cc(Br)cs1. The van der Waals surface area contributed by atoms with E-state index in [1.807, 2.05) is 18.2 Å². The molecule has 1 aromatic heterocycles. The fourth-order valence-corrected chi connectivity index (χ4v) is 3.41. The van der Waals surface area contributed by atoms with Gasteiger partial charge in [-0.05, 0) is 47.1 Å². The molecule has 0 radical (unpaired) electrons. The van der Waals surface area contributed by atoms with Crippen LogP contribution in [0.4, 0.5) is 0 Å². The third-order valence-electron chi connectivity index (χ3n) is 2.80. The second kappa shape index (κ2) is 8.03. The third-order valence-corrected chi connectivity index (χ3v) is 4.82. The second-order valence-electron chi connectivity index (χ2n) is 4.41. The lowest BCUT2D eigenvalue weighted by Gasteiger charge is -2.13. The van der Waals surface area contributed by atoms with E-state index in [-0.39, 0.29) is 0 Å². The summed E-state index contributed by atoms with van der Waals surface area (Å²) in [6, 6.07) is 7.87. The molecular formula is C15H17BrClNOS. The first-order chi connectivity index (χ1) is 9.70. The fraction of sp³-hybridized carbons (Fsp3) is 0.333. The van der Waals surface area contributed by atoms with Crippen molar-refractivity contribution in [3.8, 4) is 5.75 Å². The molecule has 2 rings (SSSR count). The van der Waals surface area contributed by atoms with E-state index >= 15 is 0 Å². The molecule has 0 aliphatic rings. The summed E-state index contributed by atoms with van der Waals surface area (Å²) in [6.45, 7) is 4.42. The van der Waals surface area contributed by atoms with Crippen LogP contribution in [0.25, 0.3) is 0 Å². The van der Waals surface area contributed by atoms with Gasteiger partial charge in [-0.15, -0.1) is 11.3 Å². The second-order valence-corrected chi connectivity index (χ2v) is 6.73. The number of ether oxygens (including phenoxy) is 1. The summed E-state index contributed by atoms with van der Waals surface area (Å²) in [6.07, 6.45) is 1.10. The van der Waals surface area contributed by atoms with Gasteiger partial charge in [-0.1, -0.05) is 24.6 Å². The minimum absolute atomic E-state index is 0.567. The van der Waals surface area contributed by atoms with Gasteiger partial charge < -0.3 is 10.1 Å². The molecule has 2 aromatic rings. The maximum Gasteiger partial charge on any atom is 0.125 e. The Hall–Kier alpha value is -0.550. The van der Waals surface area contributed by atoms with Crippen molar-refractivity contribution >= 4 is 38.9 Å². The van der Waals surface area contributed by atoms with E-state index in [2.05, 4.69) is 39.6 Å². The zero-order valence-electron chi connectivity index (χ0n) is 11.3. The molecule has 20 heavy (non-hydrogen) atoms. The van der Waals surface area contributed by atoms with Crippen LogP contribution in [-0.2, 0) is 13.2 Å². The molecule has 5 heteroatoms. The van der Waals surface area contributed by atoms with Crippen molar-refractivity contribution in [1.29, 1.82) is 0 Å². The van der Waals surface area contributed by atoms with Crippen molar-refractivity contribution in [3.05, 3.63) is 49.6 Å². The highest BCUT2D eigenvalue weighted by Gasteiger charge is 2.08. The van der Waals surface area contributed by atoms with Crippen molar-refractivity contribution < 1.29 is 4.74 Å². The van der Waals surface area contributed by atoms with Crippen LogP contribution in [0.3, 0.4) is 0 Å². The number of rotatable bonds is 7. The topological polar surface area (TPSA) is 21.3 Å². The van der Waals surface area contributed by atoms with Gasteiger partial charge in [0.05, 0.1) is 0 Å². The van der Waals surface area contributed by atoms with Gasteiger partial charge in [0.25, 0.3) is 0 Å². The molecule has 0 saturated heterocycles. The molecule has 0 bridgehead atoms. The number of nitrogens with one attached hydrogen (secondary N) is 1. The van der Waals surface area contributed by atoms with Gasteiger partial charge in [0.1, 0.15) is 12.4 Å². The monoisotopic (exact) mass is 373 g/mol. The molecule has 0 aliphatic carbocycles. The molecule has 1 N–H and O–H groups in total. The van der Waals surface area contributed by atoms with Gasteiger partial charge in [-0.3, -0.25) is 0 Å². The summed E-state index contributed by atoms with van der Waals surface area (Å²) in [7, 11) is 0. The van der Waals surface area contributed by atoms with Crippen LogP contribution in [0, 0.1) is 0 Å². The quantitative estimate of drug-likeness (QED) is 0.669. The molecule has 0 spiro atoms. The maximum atomic E-state index is 6.27. The van der Waals surface area contributed by atoms with E-state index in [1.165, 1.54) is 4.88 Å². The molecule has 0 fully saturated rings. The number of hydrogen-bond acceptors (Lipinski definition) is 3. The van der Waals surface area contributed by atoms with Crippen molar-refractivity contribution in [2.75, 3.05) is 6.54 Å². The largest absolute Gasteiger partial charge is 0.488 e. The first kappa shape index (κ1) is 15.8. The standard InChI is InChI=1S/C15H17BrClNOS/c1-2-6-18-8-13-14(17)4-3-5-15(13)19-9-12-7-11(16)10-20-12/h3-5,7,10,18H,2,6,8-9H2,1H3. The average molecular weight is 375 g/mol. The number of halogens is 2. The van der Waals surface area contributed by atoms with E-state index in [4.69, 9.17) is 16.3 Å². The highest BCUT2D eigenvalue weighted by molar-refractivity contribution is 9.10. The van der Waals surface area contributed by atoms with Gasteiger partial charge >= 0.3 is 0 Å². The number of thiophene rings is 1. The average Bonchev–Trinajstić information content (AvgIpc) is 2.85. The van der Waals surface area contributed by atoms with Crippen LogP contribution in [0.5, 0.6) is 5.75 Å². The molecule has 0 aliphatic heterocycles. The Morgan fingerprint density at radius 1 is 1.40 bits per heavy atom. The lowest BCUT2D eigenvalue weighted by Crippen LogP contribution is -2.15. The number of hydrogen-bond donors (Lipinski definition) is 1. The molecule has 1 aromatic carbocycles. The summed E-state index contributed by atoms with van der Waals surface area (Å²) in [4.78, 5) is 1.18. The summed E-state index contributed by atoms with van der Waals surface area (Å²) >= 11 is 11.4. The van der Waals surface area contributed by atoms with Crippen molar-refractivity contribution in [3.63, 3.8) is 0 Å². The van der Waals surface area contributed by atoms with E-state index in [0.717, 1.165) is 40.3 Å². The number of benzene rings is 1. The van der Waals surface area contributed by atoms with E-state index in [9.17, 15) is 0 Å². The van der Waals surface area contributed by atoms with Crippen LogP contribution < -0.4 is 10.1 Å². The molecule has 0 unspecified atom stereocenters. The molecule has 0 atom stereocenters. The van der Waals surface area contributed by atoms with Gasteiger partial charge in [-0.25, -0.2) is 0 Å². The normalized spacial score (nSPS) is 10.8. The zero-order chi connectivity index (χ0) is 14.4. The Morgan fingerprint density at radius 3 is 2.95 bits per heavy atom. The Bertz CT molecular complexity index is 559. The molecule has 0 saturated carbocycles. The zero-order valence-corrected chi connectivity index (χ0v) is 14.4. The van der Waals surface area contributed by atoms with Crippen LogP contribution in [0.1, 0.15) is 23.8 Å². The van der Waals surface area contributed by atoms with Gasteiger partial charge in [0.15, 0.2) is 0 Å². The highest BCUT2D eigenvalue weighted by Crippen LogP contribution is 2.28. The molecular weight excluding hydrogens is 358 g/mol. The van der Waals surface area contributed by atoms with Crippen molar-refractivity contribution in [1.82, 2.24) is 5.32 Å². The predicted molar refractivity (Wildman–Crippen MR) is 89.8 cm³/mol. The summed E-state index contributed by atoms with van der Waals surface area (Å²) in [5, 5.41) is 6.17. The van der Waals surface area contributed by atoms with Crippen LogP contribution >= 0.6 is 38.9 Å². The fourth-order valence-electron chi connectivity index (χ4n) is 1.81. The molecule has 108 valence electrons. The van der Waals surface area contributed by atoms with Gasteiger partial charge in [0.2, 0.25) is 0 Å². The Kier molecular flexibility index (Phi) is 6.36. The first-order valence-corrected chi connectivity index (χ1v) is 8.59. The van der Waals surface area contributed by atoms with Crippen molar-refractivity contribution in [2.45, 2.75) is 26.5 Å². The minimum atomic E-state index is 0.567. The predicted octanol–water partition coefficient (Wildman–Crippen LogP) is 5.24. The van der Waals surface area contributed by atoms with Gasteiger partial charge in [-0.2, -0.15) is 0 Å². The Balaban J connectivity index is 2.04. The molecule has 0 amide bonds. The van der Waals surface area contributed by atoms with Crippen LogP contribution in [-0.4, -0.2) is 6.54 Å². The smallest absolute Gasteiger partial charge is 0.125 e. The summed E-state index contributed by atoms with van der Waals surface area (Å²) in [5.74, 6) is 0.852. The Labute approximate surface area is 137 Å². The van der Waals surface area contributed by atoms with Crippen LogP contribution in [0.2, 0.25) is 5.02 Å². The molecule has 1 heterocycles. The van der Waals surface area contributed by atoms with Gasteiger partial charge in [0, 0.05) is 31.9 Å². The minimum Gasteiger partial charge on any atom is -0.488 e. The summed E-state index contributed by atoms with van der Waals surface area (Å²) < 4.78 is 7.01. The maximum absolute atomic E-state index is 6.27. The Morgan fingerprint density at radius 2 is 2.25 bits per heavy atom. The van der Waals surface area contributed by atoms with Crippen molar-refractivity contribution in [2.24, 2.45) is 0 Å². The lowest BCUT2D eigenvalue weighted by molar-refractivity contribution is 0.305. The third kappa shape index (κ3) is 4.48. The van der Waals surface area contributed by atoms with E-state index in [1.54, 1.807) is 11.3 Å². The van der Waals surface area contributed by atoms with E-state index in [0.29, 0.717) is 6.61 Å². The highest BCUT2D eigenvalue weighted by atomic mass is 79.9. The van der Waals surface area contributed by atoms with Crippen LogP contribution in [0.15, 0.2) is 34.1 Å². The summed E-state index contributed by atoms with van der Waals surface area (Å²) in [5.41, 5.74) is 1.03. The van der Waals surface area contributed by atoms with E-state index < -0.39 is 0 Å².